The van der Waals surface area contributed by atoms with Gasteiger partial charge in [-0.05, 0) is 48.0 Å². The standard InChI is InChI=1S/C16H17ClN4O2S/c17-11-3-1-2-10(6-11)8-20-16(23)14-12(18)13(21-24-14)15(22)19-7-9-4-5-9/h1-3,6,9H,4-5,7-8,18H2,(H,19,22)(H,20,23). The highest BCUT2D eigenvalue weighted by molar-refractivity contribution is 7.09. The highest BCUT2D eigenvalue weighted by Gasteiger charge is 2.25. The molecule has 126 valence electrons. The van der Waals surface area contributed by atoms with Gasteiger partial charge in [0.15, 0.2) is 5.69 Å². The van der Waals surface area contributed by atoms with E-state index in [2.05, 4.69) is 15.0 Å². The summed E-state index contributed by atoms with van der Waals surface area (Å²) < 4.78 is 4.03. The molecule has 1 heterocycles. The molecule has 0 spiro atoms. The molecule has 0 unspecified atom stereocenters. The predicted octanol–water partition coefficient (Wildman–Crippen LogP) is 2.45. The maximum atomic E-state index is 12.3. The first-order valence-electron chi connectivity index (χ1n) is 7.60. The molecule has 0 aliphatic heterocycles. The molecule has 0 atom stereocenters. The van der Waals surface area contributed by atoms with Crippen LogP contribution in [-0.4, -0.2) is 22.7 Å². The van der Waals surface area contributed by atoms with Crippen LogP contribution in [0.1, 0.15) is 38.6 Å². The van der Waals surface area contributed by atoms with Crippen LogP contribution >= 0.6 is 23.1 Å². The van der Waals surface area contributed by atoms with E-state index < -0.39 is 0 Å². The van der Waals surface area contributed by atoms with Gasteiger partial charge in [0.2, 0.25) is 0 Å². The van der Waals surface area contributed by atoms with E-state index in [0.29, 0.717) is 24.0 Å². The maximum absolute atomic E-state index is 12.3. The Morgan fingerprint density at radius 1 is 1.29 bits per heavy atom. The molecule has 2 aromatic rings. The highest BCUT2D eigenvalue weighted by Crippen LogP contribution is 2.28. The van der Waals surface area contributed by atoms with Crippen molar-refractivity contribution in [2.24, 2.45) is 5.92 Å². The molecular formula is C16H17ClN4O2S. The summed E-state index contributed by atoms with van der Waals surface area (Å²) in [6.45, 7) is 0.950. The van der Waals surface area contributed by atoms with Crippen molar-refractivity contribution in [2.75, 3.05) is 12.3 Å². The van der Waals surface area contributed by atoms with Crippen molar-refractivity contribution >= 4 is 40.6 Å². The molecule has 0 bridgehead atoms. The van der Waals surface area contributed by atoms with E-state index >= 15 is 0 Å². The lowest BCUT2D eigenvalue weighted by Gasteiger charge is -2.05. The van der Waals surface area contributed by atoms with Gasteiger partial charge in [-0.25, -0.2) is 0 Å². The summed E-state index contributed by atoms with van der Waals surface area (Å²) >= 11 is 6.84. The Kier molecular flexibility index (Phi) is 5.01. The van der Waals surface area contributed by atoms with E-state index in [4.69, 9.17) is 17.3 Å². The van der Waals surface area contributed by atoms with Gasteiger partial charge < -0.3 is 16.4 Å². The SMILES string of the molecule is Nc1c(C(=O)NCC2CC2)nsc1C(=O)NCc1cccc(Cl)c1. The number of halogens is 1. The van der Waals surface area contributed by atoms with Gasteiger partial charge in [-0.3, -0.25) is 9.59 Å². The molecule has 4 N–H and O–H groups in total. The monoisotopic (exact) mass is 364 g/mol. The molecule has 0 radical (unpaired) electrons. The zero-order valence-electron chi connectivity index (χ0n) is 12.8. The first-order valence-corrected chi connectivity index (χ1v) is 8.75. The lowest BCUT2D eigenvalue weighted by Crippen LogP contribution is -2.27. The van der Waals surface area contributed by atoms with Crippen molar-refractivity contribution in [1.82, 2.24) is 15.0 Å². The van der Waals surface area contributed by atoms with Crippen molar-refractivity contribution in [3.63, 3.8) is 0 Å². The first kappa shape index (κ1) is 16.7. The molecule has 2 amide bonds. The second-order valence-electron chi connectivity index (χ2n) is 5.74. The Morgan fingerprint density at radius 3 is 2.79 bits per heavy atom. The Bertz CT molecular complexity index is 773. The number of amides is 2. The van der Waals surface area contributed by atoms with E-state index in [1.807, 2.05) is 12.1 Å². The number of benzene rings is 1. The molecule has 8 heteroatoms. The smallest absolute Gasteiger partial charge is 0.273 e. The van der Waals surface area contributed by atoms with Crippen LogP contribution in [0.5, 0.6) is 0 Å². The van der Waals surface area contributed by atoms with Crippen molar-refractivity contribution < 1.29 is 9.59 Å². The van der Waals surface area contributed by atoms with Crippen molar-refractivity contribution in [2.45, 2.75) is 19.4 Å². The summed E-state index contributed by atoms with van der Waals surface area (Å²) in [6, 6.07) is 7.21. The topological polar surface area (TPSA) is 97.1 Å². The van der Waals surface area contributed by atoms with Crippen LogP contribution < -0.4 is 16.4 Å². The summed E-state index contributed by atoms with van der Waals surface area (Å²) in [5.41, 5.74) is 7.04. The van der Waals surface area contributed by atoms with Gasteiger partial charge in [0.25, 0.3) is 11.8 Å². The fraction of sp³-hybridized carbons (Fsp3) is 0.312. The summed E-state index contributed by atoms with van der Waals surface area (Å²) in [6.07, 6.45) is 2.29. The molecule has 3 rings (SSSR count). The molecule has 0 saturated heterocycles. The maximum Gasteiger partial charge on any atom is 0.273 e. The second-order valence-corrected chi connectivity index (χ2v) is 6.95. The summed E-state index contributed by atoms with van der Waals surface area (Å²) in [5, 5.41) is 6.16. The summed E-state index contributed by atoms with van der Waals surface area (Å²) in [7, 11) is 0. The number of nitrogen functional groups attached to an aromatic ring is 1. The number of nitrogens with two attached hydrogens (primary N) is 1. The minimum absolute atomic E-state index is 0.119. The van der Waals surface area contributed by atoms with Crippen LogP contribution in [0.15, 0.2) is 24.3 Å². The van der Waals surface area contributed by atoms with E-state index in [1.54, 1.807) is 12.1 Å². The third kappa shape index (κ3) is 4.04. The highest BCUT2D eigenvalue weighted by atomic mass is 35.5. The molecular weight excluding hydrogens is 348 g/mol. The Balaban J connectivity index is 1.61. The fourth-order valence-electron chi connectivity index (χ4n) is 2.18. The van der Waals surface area contributed by atoms with E-state index in [9.17, 15) is 9.59 Å². The number of nitrogens with one attached hydrogen (secondary N) is 2. The quantitative estimate of drug-likeness (QED) is 0.733. The molecule has 6 nitrogen and oxygen atoms in total. The van der Waals surface area contributed by atoms with Crippen LogP contribution in [0, 0.1) is 5.92 Å². The van der Waals surface area contributed by atoms with Crippen LogP contribution in [0.3, 0.4) is 0 Å². The number of hydrogen-bond acceptors (Lipinski definition) is 5. The number of anilines is 1. The first-order chi connectivity index (χ1) is 11.5. The number of nitrogens with zero attached hydrogens (tertiary/aromatic N) is 1. The number of aromatic nitrogens is 1. The lowest BCUT2D eigenvalue weighted by molar-refractivity contribution is 0.0947. The molecule has 1 saturated carbocycles. The van der Waals surface area contributed by atoms with Gasteiger partial charge in [0, 0.05) is 18.1 Å². The normalized spacial score (nSPS) is 13.5. The predicted molar refractivity (Wildman–Crippen MR) is 94.2 cm³/mol. The molecule has 24 heavy (non-hydrogen) atoms. The van der Waals surface area contributed by atoms with E-state index in [-0.39, 0.29) is 28.1 Å². The largest absolute Gasteiger partial charge is 0.395 e. The van der Waals surface area contributed by atoms with Gasteiger partial charge in [-0.2, -0.15) is 4.37 Å². The Labute approximate surface area is 148 Å². The fourth-order valence-corrected chi connectivity index (χ4v) is 3.10. The van der Waals surface area contributed by atoms with E-state index in [1.165, 1.54) is 0 Å². The zero-order chi connectivity index (χ0) is 17.1. The minimum atomic E-state index is -0.355. The molecule has 1 aromatic carbocycles. The number of carbonyl (C=O) groups excluding carboxylic acids is 2. The van der Waals surface area contributed by atoms with Crippen LogP contribution in [0.4, 0.5) is 5.69 Å². The van der Waals surface area contributed by atoms with Gasteiger partial charge >= 0.3 is 0 Å². The third-order valence-electron chi connectivity index (χ3n) is 3.74. The molecule has 1 aliphatic rings. The molecule has 1 fully saturated rings. The second kappa shape index (κ2) is 7.19. The average Bonchev–Trinajstić information content (AvgIpc) is 3.31. The van der Waals surface area contributed by atoms with Crippen molar-refractivity contribution in [1.29, 1.82) is 0 Å². The van der Waals surface area contributed by atoms with Gasteiger partial charge in [-0.1, -0.05) is 23.7 Å². The number of hydrogen-bond donors (Lipinski definition) is 3. The van der Waals surface area contributed by atoms with Crippen molar-refractivity contribution in [3.05, 3.63) is 45.4 Å². The number of carbonyl (C=O) groups is 2. The van der Waals surface area contributed by atoms with Crippen molar-refractivity contribution in [3.8, 4) is 0 Å². The lowest BCUT2D eigenvalue weighted by atomic mass is 10.2. The van der Waals surface area contributed by atoms with E-state index in [0.717, 1.165) is 29.9 Å². The average molecular weight is 365 g/mol. The number of rotatable bonds is 6. The van der Waals surface area contributed by atoms with Crippen LogP contribution in [0.25, 0.3) is 0 Å². The Morgan fingerprint density at radius 2 is 2.08 bits per heavy atom. The minimum Gasteiger partial charge on any atom is -0.395 e. The van der Waals surface area contributed by atoms with Gasteiger partial charge in [0.1, 0.15) is 4.88 Å². The van der Waals surface area contributed by atoms with Gasteiger partial charge in [0.05, 0.1) is 5.69 Å². The molecule has 1 aliphatic carbocycles. The van der Waals surface area contributed by atoms with Crippen LogP contribution in [0.2, 0.25) is 5.02 Å². The Hall–Kier alpha value is -2.12. The third-order valence-corrected chi connectivity index (χ3v) is 4.84. The van der Waals surface area contributed by atoms with Gasteiger partial charge in [-0.15, -0.1) is 0 Å². The summed E-state index contributed by atoms with van der Waals surface area (Å²) in [4.78, 5) is 24.6. The van der Waals surface area contributed by atoms with Crippen LogP contribution in [-0.2, 0) is 6.54 Å². The summed E-state index contributed by atoms with van der Waals surface area (Å²) in [5.74, 6) is -0.120. The zero-order valence-corrected chi connectivity index (χ0v) is 14.4. The molecule has 1 aromatic heterocycles.